The first-order valence-corrected chi connectivity index (χ1v) is 5.07. The lowest BCUT2D eigenvalue weighted by Crippen LogP contribution is -2.16. The fraction of sp³-hybridized carbons (Fsp3) is 0.250. The van der Waals surface area contributed by atoms with E-state index in [1.165, 1.54) is 6.20 Å². The molecule has 0 saturated carbocycles. The van der Waals surface area contributed by atoms with Gasteiger partial charge < -0.3 is 5.32 Å². The van der Waals surface area contributed by atoms with Crippen molar-refractivity contribution in [3.63, 3.8) is 0 Å². The Kier molecular flexibility index (Phi) is 2.99. The number of hydrogen-bond donors (Lipinski definition) is 1. The molecule has 0 saturated heterocycles. The second-order valence-electron chi connectivity index (χ2n) is 3.76. The summed E-state index contributed by atoms with van der Waals surface area (Å²) in [5, 5.41) is 2.49. The second-order valence-corrected chi connectivity index (χ2v) is 3.76. The van der Waals surface area contributed by atoms with Gasteiger partial charge in [0.25, 0.3) is 0 Å². The van der Waals surface area contributed by atoms with Crippen molar-refractivity contribution < 1.29 is 8.78 Å². The van der Waals surface area contributed by atoms with Crippen LogP contribution in [0, 0.1) is 11.9 Å². The Morgan fingerprint density at radius 3 is 3.00 bits per heavy atom. The highest BCUT2D eigenvalue weighted by molar-refractivity contribution is 5.24. The average Bonchev–Trinajstić information content (AvgIpc) is 2.28. The summed E-state index contributed by atoms with van der Waals surface area (Å²) < 4.78 is 26.5. The highest BCUT2D eigenvalue weighted by Gasteiger charge is 2.17. The molecule has 1 aliphatic rings. The molecule has 1 aliphatic heterocycles. The highest BCUT2D eigenvalue weighted by atomic mass is 19.1. The lowest BCUT2D eigenvalue weighted by Gasteiger charge is -2.18. The fourth-order valence-electron chi connectivity index (χ4n) is 1.69. The summed E-state index contributed by atoms with van der Waals surface area (Å²) in [6.45, 7) is 1.70. The molecule has 1 aromatic rings. The van der Waals surface area contributed by atoms with Crippen LogP contribution >= 0.6 is 0 Å². The smallest absolute Gasteiger partial charge is 0.216 e. The largest absolute Gasteiger partial charge is 0.339 e. The topological polar surface area (TPSA) is 24.9 Å². The number of halogens is 2. The van der Waals surface area contributed by atoms with Gasteiger partial charge in [0.05, 0.1) is 0 Å². The summed E-state index contributed by atoms with van der Waals surface area (Å²) in [7, 11) is 0. The van der Waals surface area contributed by atoms with Crippen molar-refractivity contribution in [1.82, 2.24) is 10.3 Å². The van der Waals surface area contributed by atoms with E-state index in [-0.39, 0.29) is 11.9 Å². The Morgan fingerprint density at radius 2 is 2.25 bits per heavy atom. The van der Waals surface area contributed by atoms with Crippen molar-refractivity contribution >= 4 is 0 Å². The number of dihydropyridines is 1. The van der Waals surface area contributed by atoms with E-state index >= 15 is 0 Å². The third-order valence-corrected chi connectivity index (χ3v) is 2.72. The summed E-state index contributed by atoms with van der Waals surface area (Å²) in [6.07, 6.45) is 5.20. The minimum Gasteiger partial charge on any atom is -0.339 e. The zero-order valence-corrected chi connectivity index (χ0v) is 8.87. The minimum atomic E-state index is -0.484. The van der Waals surface area contributed by atoms with Crippen molar-refractivity contribution in [1.29, 1.82) is 0 Å². The van der Waals surface area contributed by atoms with Gasteiger partial charge in [-0.05, 0) is 31.2 Å². The van der Waals surface area contributed by atoms with Crippen molar-refractivity contribution in [3.8, 4) is 0 Å². The zero-order valence-electron chi connectivity index (χ0n) is 8.87. The average molecular weight is 222 g/mol. The SMILES string of the molecule is CC1=C(F)NC=CC1Cc1cccnc1F. The molecule has 2 nitrogen and oxygen atoms in total. The van der Waals surface area contributed by atoms with Crippen LogP contribution in [-0.2, 0) is 6.42 Å². The first kappa shape index (κ1) is 10.8. The molecule has 0 spiro atoms. The van der Waals surface area contributed by atoms with Crippen LogP contribution < -0.4 is 5.32 Å². The third kappa shape index (κ3) is 2.10. The van der Waals surface area contributed by atoms with E-state index in [0.717, 1.165) is 0 Å². The number of allylic oxidation sites excluding steroid dienone is 2. The summed E-state index contributed by atoms with van der Waals surface area (Å²) in [4.78, 5) is 3.57. The minimum absolute atomic E-state index is 0.111. The summed E-state index contributed by atoms with van der Waals surface area (Å²) in [5.74, 6) is -0.945. The maximum atomic E-state index is 13.3. The Labute approximate surface area is 92.7 Å². The Bertz CT molecular complexity index is 452. The molecule has 1 unspecified atom stereocenters. The molecule has 2 rings (SSSR count). The van der Waals surface area contributed by atoms with Crippen molar-refractivity contribution in [2.45, 2.75) is 13.3 Å². The number of hydrogen-bond acceptors (Lipinski definition) is 2. The maximum Gasteiger partial charge on any atom is 0.216 e. The van der Waals surface area contributed by atoms with Crippen molar-refractivity contribution in [3.05, 3.63) is 53.6 Å². The van der Waals surface area contributed by atoms with Crippen molar-refractivity contribution in [2.75, 3.05) is 0 Å². The number of pyridine rings is 1. The molecule has 4 heteroatoms. The normalized spacial score (nSPS) is 19.8. The van der Waals surface area contributed by atoms with Crippen LogP contribution in [0.3, 0.4) is 0 Å². The van der Waals surface area contributed by atoms with E-state index < -0.39 is 5.95 Å². The molecule has 16 heavy (non-hydrogen) atoms. The van der Waals surface area contributed by atoms with Crippen LogP contribution in [0.1, 0.15) is 12.5 Å². The standard InChI is InChI=1S/C12H12F2N2/c1-8-9(4-6-16-11(8)13)7-10-3-2-5-15-12(10)14/h2-6,9,16H,7H2,1H3. The van der Waals surface area contributed by atoms with E-state index in [0.29, 0.717) is 17.6 Å². The summed E-state index contributed by atoms with van der Waals surface area (Å²) in [5.41, 5.74) is 1.09. The van der Waals surface area contributed by atoms with Gasteiger partial charge in [-0.2, -0.15) is 8.78 Å². The first-order valence-electron chi connectivity index (χ1n) is 5.07. The Balaban J connectivity index is 2.19. The molecule has 1 N–H and O–H groups in total. The molecule has 0 aliphatic carbocycles. The fourth-order valence-corrected chi connectivity index (χ4v) is 1.69. The van der Waals surface area contributed by atoms with Crippen LogP contribution in [0.4, 0.5) is 8.78 Å². The van der Waals surface area contributed by atoms with Gasteiger partial charge in [-0.1, -0.05) is 12.1 Å². The number of rotatable bonds is 2. The molecular formula is C12H12F2N2. The van der Waals surface area contributed by atoms with Crippen LogP contribution in [0.25, 0.3) is 0 Å². The summed E-state index contributed by atoms with van der Waals surface area (Å²) >= 11 is 0. The quantitative estimate of drug-likeness (QED) is 0.614. The lowest BCUT2D eigenvalue weighted by molar-refractivity contribution is 0.522. The second kappa shape index (κ2) is 4.43. The van der Waals surface area contributed by atoms with Crippen LogP contribution in [0.5, 0.6) is 0 Å². The van der Waals surface area contributed by atoms with E-state index in [1.807, 2.05) is 6.08 Å². The van der Waals surface area contributed by atoms with Gasteiger partial charge in [-0.15, -0.1) is 0 Å². The molecule has 2 heterocycles. The van der Waals surface area contributed by atoms with Gasteiger partial charge in [0, 0.05) is 17.7 Å². The van der Waals surface area contributed by atoms with Crippen LogP contribution in [0.2, 0.25) is 0 Å². The number of nitrogens with zero attached hydrogens (tertiary/aromatic N) is 1. The molecule has 84 valence electrons. The van der Waals surface area contributed by atoms with Gasteiger partial charge in [-0.25, -0.2) is 4.98 Å². The van der Waals surface area contributed by atoms with E-state index in [4.69, 9.17) is 0 Å². The number of nitrogens with one attached hydrogen (secondary N) is 1. The number of aromatic nitrogens is 1. The van der Waals surface area contributed by atoms with Gasteiger partial charge in [-0.3, -0.25) is 0 Å². The van der Waals surface area contributed by atoms with Crippen LogP contribution in [0.15, 0.2) is 42.1 Å². The molecule has 0 fully saturated rings. The zero-order chi connectivity index (χ0) is 11.5. The van der Waals surface area contributed by atoms with Gasteiger partial charge in [0.2, 0.25) is 5.95 Å². The molecule has 1 aromatic heterocycles. The molecular weight excluding hydrogens is 210 g/mol. The Morgan fingerprint density at radius 1 is 1.44 bits per heavy atom. The third-order valence-electron chi connectivity index (χ3n) is 2.72. The first-order chi connectivity index (χ1) is 7.68. The van der Waals surface area contributed by atoms with Gasteiger partial charge >= 0.3 is 0 Å². The predicted octanol–water partition coefficient (Wildman–Crippen LogP) is 2.70. The Hall–Kier alpha value is -1.71. The monoisotopic (exact) mass is 222 g/mol. The van der Waals surface area contributed by atoms with E-state index in [2.05, 4.69) is 10.3 Å². The predicted molar refractivity (Wildman–Crippen MR) is 57.5 cm³/mol. The molecule has 0 bridgehead atoms. The van der Waals surface area contributed by atoms with E-state index in [9.17, 15) is 8.78 Å². The molecule has 0 aromatic carbocycles. The van der Waals surface area contributed by atoms with E-state index in [1.54, 1.807) is 25.3 Å². The van der Waals surface area contributed by atoms with Crippen molar-refractivity contribution in [2.24, 2.45) is 5.92 Å². The van der Waals surface area contributed by atoms with Crippen LogP contribution in [-0.4, -0.2) is 4.98 Å². The molecule has 1 atom stereocenters. The molecule has 0 amide bonds. The summed E-state index contributed by atoms with van der Waals surface area (Å²) in [6, 6.07) is 3.35. The highest BCUT2D eigenvalue weighted by Crippen LogP contribution is 2.24. The maximum absolute atomic E-state index is 13.3. The lowest BCUT2D eigenvalue weighted by atomic mass is 9.92. The van der Waals surface area contributed by atoms with Gasteiger partial charge in [0.15, 0.2) is 5.95 Å². The molecule has 0 radical (unpaired) electrons. The van der Waals surface area contributed by atoms with Gasteiger partial charge in [0.1, 0.15) is 0 Å².